The maximum absolute atomic E-state index is 10.9. The molecule has 0 fully saturated rings. The summed E-state index contributed by atoms with van der Waals surface area (Å²) < 4.78 is 4.55. The summed E-state index contributed by atoms with van der Waals surface area (Å²) in [6.45, 7) is 2.04. The third-order valence-corrected chi connectivity index (χ3v) is 3.29. The van der Waals surface area contributed by atoms with Crippen molar-refractivity contribution in [3.05, 3.63) is 35.4 Å². The average Bonchev–Trinajstić information content (AvgIpc) is 2.29. The molecule has 0 bridgehead atoms. The smallest absolute Gasteiger partial charge is 0.315 e. The fraction of sp³-hybridized carbons (Fsp3) is 0.417. The van der Waals surface area contributed by atoms with E-state index in [9.17, 15) is 4.79 Å². The summed E-state index contributed by atoms with van der Waals surface area (Å²) in [7, 11) is 1.39. The summed E-state index contributed by atoms with van der Waals surface area (Å²) in [5.74, 6) is 0.870. The number of nitrogens with two attached hydrogens (primary N) is 1. The topological polar surface area (TPSA) is 52.3 Å². The molecule has 88 valence electrons. The van der Waals surface area contributed by atoms with Crippen molar-refractivity contribution < 1.29 is 9.53 Å². The van der Waals surface area contributed by atoms with Crippen LogP contribution in [0.25, 0.3) is 0 Å². The van der Waals surface area contributed by atoms with Crippen LogP contribution in [0.3, 0.4) is 0 Å². The number of carbonyl (C=O) groups excluding carboxylic acids is 1. The van der Waals surface area contributed by atoms with E-state index in [0.717, 1.165) is 11.3 Å². The number of esters is 1. The summed E-state index contributed by atoms with van der Waals surface area (Å²) >= 11 is 1.49. The Bertz CT molecular complexity index is 337. The number of aryl methyl sites for hydroxylation is 1. The molecule has 16 heavy (non-hydrogen) atoms. The monoisotopic (exact) mass is 239 g/mol. The number of thioether (sulfide) groups is 1. The highest BCUT2D eigenvalue weighted by molar-refractivity contribution is 7.99. The zero-order valence-corrected chi connectivity index (χ0v) is 10.4. The van der Waals surface area contributed by atoms with E-state index in [2.05, 4.69) is 4.74 Å². The van der Waals surface area contributed by atoms with Gasteiger partial charge in [-0.3, -0.25) is 4.79 Å². The molecule has 0 amide bonds. The first-order valence-corrected chi connectivity index (χ1v) is 6.25. The van der Waals surface area contributed by atoms with E-state index in [-0.39, 0.29) is 12.0 Å². The normalized spacial score (nSPS) is 12.2. The van der Waals surface area contributed by atoms with Gasteiger partial charge < -0.3 is 10.5 Å². The number of methoxy groups -OCH3 is 1. The predicted octanol–water partition coefficient (Wildman–Crippen LogP) is 1.90. The van der Waals surface area contributed by atoms with Crippen LogP contribution in [0.15, 0.2) is 24.3 Å². The molecule has 0 saturated carbocycles. The minimum absolute atomic E-state index is 0.0322. The molecule has 1 aromatic rings. The van der Waals surface area contributed by atoms with Gasteiger partial charge in [-0.05, 0) is 12.5 Å². The Labute approximate surface area is 100 Å². The van der Waals surface area contributed by atoms with Crippen LogP contribution in [0, 0.1) is 6.92 Å². The van der Waals surface area contributed by atoms with Crippen molar-refractivity contribution in [2.75, 3.05) is 18.6 Å². The van der Waals surface area contributed by atoms with E-state index in [1.165, 1.54) is 24.4 Å². The third kappa shape index (κ3) is 4.24. The molecule has 1 atom stereocenters. The van der Waals surface area contributed by atoms with Crippen molar-refractivity contribution in [2.45, 2.75) is 13.0 Å². The molecule has 0 aliphatic heterocycles. The Morgan fingerprint density at radius 3 is 2.62 bits per heavy atom. The fourth-order valence-electron chi connectivity index (χ4n) is 1.24. The molecule has 1 rings (SSSR count). The lowest BCUT2D eigenvalue weighted by molar-refractivity contribution is -0.137. The Balaban J connectivity index is 2.37. The molecular formula is C12H17NO2S. The molecule has 3 nitrogen and oxygen atoms in total. The van der Waals surface area contributed by atoms with Crippen LogP contribution in [-0.2, 0) is 9.53 Å². The Kier molecular flexibility index (Phi) is 5.35. The van der Waals surface area contributed by atoms with Gasteiger partial charge in [0.1, 0.15) is 0 Å². The quantitative estimate of drug-likeness (QED) is 0.797. The lowest BCUT2D eigenvalue weighted by Gasteiger charge is -2.11. The van der Waals surface area contributed by atoms with Crippen LogP contribution in [-0.4, -0.2) is 24.6 Å². The highest BCUT2D eigenvalue weighted by atomic mass is 32.2. The maximum atomic E-state index is 10.9. The van der Waals surface area contributed by atoms with Crippen molar-refractivity contribution in [2.24, 2.45) is 5.73 Å². The second kappa shape index (κ2) is 6.55. The van der Waals surface area contributed by atoms with Crippen molar-refractivity contribution in [3.8, 4) is 0 Å². The zero-order chi connectivity index (χ0) is 12.0. The van der Waals surface area contributed by atoms with E-state index < -0.39 is 0 Å². The average molecular weight is 239 g/mol. The second-order valence-corrected chi connectivity index (χ2v) is 4.64. The fourth-order valence-corrected chi connectivity index (χ4v) is 2.09. The number of ether oxygens (including phenoxy) is 1. The predicted molar refractivity (Wildman–Crippen MR) is 67.4 cm³/mol. The van der Waals surface area contributed by atoms with Crippen LogP contribution in [0.5, 0.6) is 0 Å². The van der Waals surface area contributed by atoms with Gasteiger partial charge in [0.05, 0.1) is 12.9 Å². The Morgan fingerprint density at radius 2 is 2.06 bits per heavy atom. The van der Waals surface area contributed by atoms with Gasteiger partial charge in [-0.2, -0.15) is 0 Å². The molecule has 1 aromatic carbocycles. The van der Waals surface area contributed by atoms with Crippen LogP contribution in [0.4, 0.5) is 0 Å². The van der Waals surface area contributed by atoms with Gasteiger partial charge in [0.25, 0.3) is 0 Å². The molecule has 4 heteroatoms. The van der Waals surface area contributed by atoms with Crippen LogP contribution in [0.2, 0.25) is 0 Å². The van der Waals surface area contributed by atoms with Gasteiger partial charge >= 0.3 is 5.97 Å². The molecule has 2 N–H and O–H groups in total. The molecule has 0 spiro atoms. The van der Waals surface area contributed by atoms with Gasteiger partial charge in [0.2, 0.25) is 0 Å². The van der Waals surface area contributed by atoms with Crippen molar-refractivity contribution in [1.82, 2.24) is 0 Å². The van der Waals surface area contributed by atoms with Crippen LogP contribution < -0.4 is 5.73 Å². The molecule has 0 aliphatic rings. The second-order valence-electron chi connectivity index (χ2n) is 3.61. The van der Waals surface area contributed by atoms with Crippen molar-refractivity contribution in [1.29, 1.82) is 0 Å². The molecule has 0 aliphatic carbocycles. The number of rotatable bonds is 5. The molecule has 0 radical (unpaired) electrons. The SMILES string of the molecule is COC(=O)CSCC(N)c1ccc(C)cc1. The van der Waals surface area contributed by atoms with E-state index in [1.807, 2.05) is 31.2 Å². The van der Waals surface area contributed by atoms with Crippen LogP contribution >= 0.6 is 11.8 Å². The Hall–Kier alpha value is -1.00. The molecular weight excluding hydrogens is 222 g/mol. The summed E-state index contributed by atoms with van der Waals surface area (Å²) in [6.07, 6.45) is 0. The van der Waals surface area contributed by atoms with Crippen molar-refractivity contribution in [3.63, 3.8) is 0 Å². The minimum Gasteiger partial charge on any atom is -0.468 e. The van der Waals surface area contributed by atoms with E-state index in [0.29, 0.717) is 5.75 Å². The van der Waals surface area contributed by atoms with E-state index in [1.54, 1.807) is 0 Å². The first kappa shape index (κ1) is 13.1. The lowest BCUT2D eigenvalue weighted by atomic mass is 10.1. The van der Waals surface area contributed by atoms with Crippen molar-refractivity contribution >= 4 is 17.7 Å². The highest BCUT2D eigenvalue weighted by Gasteiger charge is 2.07. The van der Waals surface area contributed by atoms with E-state index >= 15 is 0 Å². The van der Waals surface area contributed by atoms with E-state index in [4.69, 9.17) is 5.73 Å². The number of carbonyl (C=O) groups is 1. The Morgan fingerprint density at radius 1 is 1.44 bits per heavy atom. The standard InChI is InChI=1S/C12H17NO2S/c1-9-3-5-10(6-4-9)11(13)7-16-8-12(14)15-2/h3-6,11H,7-8,13H2,1-2H3. The zero-order valence-electron chi connectivity index (χ0n) is 9.60. The molecule has 0 heterocycles. The van der Waals surface area contributed by atoms with Gasteiger partial charge in [0, 0.05) is 11.8 Å². The first-order chi connectivity index (χ1) is 7.63. The summed E-state index contributed by atoms with van der Waals surface area (Å²) in [5.41, 5.74) is 8.32. The summed E-state index contributed by atoms with van der Waals surface area (Å²) in [6, 6.07) is 8.10. The number of hydrogen-bond donors (Lipinski definition) is 1. The minimum atomic E-state index is -0.207. The first-order valence-electron chi connectivity index (χ1n) is 5.10. The van der Waals surface area contributed by atoms with Gasteiger partial charge in [-0.25, -0.2) is 0 Å². The molecule has 0 saturated heterocycles. The maximum Gasteiger partial charge on any atom is 0.315 e. The summed E-state index contributed by atoms with van der Waals surface area (Å²) in [5, 5.41) is 0. The molecule has 1 unspecified atom stereocenters. The number of hydrogen-bond acceptors (Lipinski definition) is 4. The highest BCUT2D eigenvalue weighted by Crippen LogP contribution is 2.16. The van der Waals surface area contributed by atoms with Gasteiger partial charge in [-0.15, -0.1) is 11.8 Å². The van der Waals surface area contributed by atoms with Gasteiger partial charge in [0.15, 0.2) is 0 Å². The lowest BCUT2D eigenvalue weighted by Crippen LogP contribution is -2.14. The van der Waals surface area contributed by atoms with Crippen LogP contribution in [0.1, 0.15) is 17.2 Å². The number of benzene rings is 1. The van der Waals surface area contributed by atoms with Gasteiger partial charge in [-0.1, -0.05) is 29.8 Å². The molecule has 0 aromatic heterocycles. The largest absolute Gasteiger partial charge is 0.468 e. The third-order valence-electron chi connectivity index (χ3n) is 2.25. The summed E-state index contributed by atoms with van der Waals surface area (Å²) in [4.78, 5) is 10.9.